The van der Waals surface area contributed by atoms with Crippen molar-refractivity contribution in [3.63, 3.8) is 0 Å². The van der Waals surface area contributed by atoms with Crippen molar-refractivity contribution in [3.8, 4) is 0 Å². The van der Waals surface area contributed by atoms with Crippen LogP contribution in [0.5, 0.6) is 0 Å². The van der Waals surface area contributed by atoms with Gasteiger partial charge in [-0.3, -0.25) is 9.59 Å². The van der Waals surface area contributed by atoms with E-state index < -0.39 is 5.82 Å². The van der Waals surface area contributed by atoms with E-state index in [2.05, 4.69) is 5.32 Å². The Labute approximate surface area is 123 Å². The quantitative estimate of drug-likeness (QED) is 0.866. The molecule has 21 heavy (non-hydrogen) atoms. The van der Waals surface area contributed by atoms with Gasteiger partial charge in [0.2, 0.25) is 11.8 Å². The van der Waals surface area contributed by atoms with E-state index in [1.165, 1.54) is 11.0 Å². The second kappa shape index (κ2) is 7.17. The summed E-state index contributed by atoms with van der Waals surface area (Å²) in [7, 11) is 1.57. The molecule has 0 aromatic heterocycles. The lowest BCUT2D eigenvalue weighted by molar-refractivity contribution is -0.139. The van der Waals surface area contributed by atoms with Crippen LogP contribution in [0.25, 0.3) is 0 Å². The summed E-state index contributed by atoms with van der Waals surface area (Å²) < 4.78 is 13.5. The van der Waals surface area contributed by atoms with Crippen molar-refractivity contribution < 1.29 is 14.0 Å². The first-order valence-electron chi connectivity index (χ1n) is 7.04. The van der Waals surface area contributed by atoms with Gasteiger partial charge in [-0.05, 0) is 11.6 Å². The molecule has 1 aromatic rings. The highest BCUT2D eigenvalue weighted by atomic mass is 19.1. The molecule has 1 saturated heterocycles. The van der Waals surface area contributed by atoms with Crippen molar-refractivity contribution in [1.82, 2.24) is 15.1 Å². The minimum atomic E-state index is -0.396. The Balaban J connectivity index is 1.87. The molecule has 1 aliphatic rings. The third-order valence-electron chi connectivity index (χ3n) is 3.57. The number of halogens is 1. The molecule has 114 valence electrons. The van der Waals surface area contributed by atoms with Crippen molar-refractivity contribution in [3.05, 3.63) is 35.6 Å². The molecule has 0 bridgehead atoms. The lowest BCUT2D eigenvalue weighted by atomic mass is 10.1. The molecular weight excluding hydrogens is 273 g/mol. The predicted octanol–water partition coefficient (Wildman–Crippen LogP) is 0.258. The zero-order valence-electron chi connectivity index (χ0n) is 12.1. The smallest absolute Gasteiger partial charge is 0.242 e. The number of rotatable bonds is 4. The van der Waals surface area contributed by atoms with Crippen LogP contribution < -0.4 is 5.32 Å². The van der Waals surface area contributed by atoms with Gasteiger partial charge in [-0.25, -0.2) is 4.39 Å². The lowest BCUT2D eigenvalue weighted by Gasteiger charge is -2.29. The Hall–Kier alpha value is -1.95. The number of likely N-dealkylation sites (N-methyl/N-ethyl adjacent to an activating group) is 1. The second-order valence-electron chi connectivity index (χ2n) is 5.15. The Bertz CT molecular complexity index is 515. The van der Waals surface area contributed by atoms with Crippen molar-refractivity contribution in [2.24, 2.45) is 0 Å². The van der Waals surface area contributed by atoms with Crippen LogP contribution >= 0.6 is 0 Å². The first-order chi connectivity index (χ1) is 10.1. The summed E-state index contributed by atoms with van der Waals surface area (Å²) in [5.41, 5.74) is 0.351. The molecule has 1 aromatic carbocycles. The number of amides is 2. The largest absolute Gasteiger partial charge is 0.339 e. The van der Waals surface area contributed by atoms with E-state index in [0.29, 0.717) is 18.7 Å². The number of nitrogens with one attached hydrogen (secondary N) is 1. The third-order valence-corrected chi connectivity index (χ3v) is 3.57. The predicted molar refractivity (Wildman–Crippen MR) is 77.2 cm³/mol. The molecule has 1 N–H and O–H groups in total. The summed E-state index contributed by atoms with van der Waals surface area (Å²) in [6.45, 7) is 2.91. The maximum Gasteiger partial charge on any atom is 0.242 e. The normalized spacial score (nSPS) is 14.9. The second-order valence-corrected chi connectivity index (χ2v) is 5.15. The highest BCUT2D eigenvalue weighted by molar-refractivity contribution is 5.85. The number of nitrogens with zero attached hydrogens (tertiary/aromatic N) is 2. The minimum absolute atomic E-state index is 0.0298. The van der Waals surface area contributed by atoms with E-state index in [9.17, 15) is 14.0 Å². The number of piperazine rings is 1. The minimum Gasteiger partial charge on any atom is -0.339 e. The summed E-state index contributed by atoms with van der Waals surface area (Å²) in [5, 5.41) is 3.17. The standard InChI is InChI=1S/C15H20FN3O2/c1-18(11-15(21)19-8-6-17-7-9-19)14(20)10-12-4-2-3-5-13(12)16/h2-5,17H,6-11H2,1H3. The van der Waals surface area contributed by atoms with Gasteiger partial charge < -0.3 is 15.1 Å². The van der Waals surface area contributed by atoms with Crippen LogP contribution in [-0.4, -0.2) is 61.4 Å². The topological polar surface area (TPSA) is 52.7 Å². The highest BCUT2D eigenvalue weighted by Crippen LogP contribution is 2.08. The van der Waals surface area contributed by atoms with E-state index in [1.807, 2.05) is 0 Å². The molecule has 1 heterocycles. The van der Waals surface area contributed by atoms with Gasteiger partial charge >= 0.3 is 0 Å². The average molecular weight is 293 g/mol. The van der Waals surface area contributed by atoms with Crippen LogP contribution in [0.3, 0.4) is 0 Å². The zero-order chi connectivity index (χ0) is 15.2. The number of carbonyl (C=O) groups is 2. The van der Waals surface area contributed by atoms with Gasteiger partial charge in [0.25, 0.3) is 0 Å². The highest BCUT2D eigenvalue weighted by Gasteiger charge is 2.20. The molecule has 1 fully saturated rings. The Morgan fingerprint density at radius 3 is 2.62 bits per heavy atom. The van der Waals surface area contributed by atoms with E-state index in [4.69, 9.17) is 0 Å². The van der Waals surface area contributed by atoms with Crippen LogP contribution in [0.15, 0.2) is 24.3 Å². The van der Waals surface area contributed by atoms with Crippen LogP contribution in [0.2, 0.25) is 0 Å². The Morgan fingerprint density at radius 2 is 1.95 bits per heavy atom. The number of hydrogen-bond donors (Lipinski definition) is 1. The van der Waals surface area contributed by atoms with Crippen molar-refractivity contribution in [1.29, 1.82) is 0 Å². The molecule has 2 rings (SSSR count). The van der Waals surface area contributed by atoms with Crippen molar-refractivity contribution in [2.75, 3.05) is 39.8 Å². The van der Waals surface area contributed by atoms with E-state index >= 15 is 0 Å². The lowest BCUT2D eigenvalue weighted by Crippen LogP contribution is -2.49. The molecule has 0 saturated carbocycles. The number of benzene rings is 1. The van der Waals surface area contributed by atoms with Gasteiger partial charge in [0, 0.05) is 33.2 Å². The first kappa shape index (κ1) is 15.4. The van der Waals surface area contributed by atoms with Crippen LogP contribution in [0.4, 0.5) is 4.39 Å². The van der Waals surface area contributed by atoms with Gasteiger partial charge in [0.1, 0.15) is 5.82 Å². The van der Waals surface area contributed by atoms with Crippen LogP contribution in [0, 0.1) is 5.82 Å². The number of hydrogen-bond acceptors (Lipinski definition) is 3. The fourth-order valence-corrected chi connectivity index (χ4v) is 2.24. The molecule has 1 aliphatic heterocycles. The molecule has 6 heteroatoms. The first-order valence-corrected chi connectivity index (χ1v) is 7.04. The average Bonchev–Trinajstić information content (AvgIpc) is 2.50. The van der Waals surface area contributed by atoms with Gasteiger partial charge in [-0.1, -0.05) is 18.2 Å². The van der Waals surface area contributed by atoms with Gasteiger partial charge in [-0.15, -0.1) is 0 Å². The Kier molecular flexibility index (Phi) is 5.27. The molecule has 0 aliphatic carbocycles. The zero-order valence-corrected chi connectivity index (χ0v) is 12.1. The summed E-state index contributed by atoms with van der Waals surface area (Å²) in [5.74, 6) is -0.725. The summed E-state index contributed by atoms with van der Waals surface area (Å²) in [6.07, 6.45) is -0.0298. The Morgan fingerprint density at radius 1 is 1.29 bits per heavy atom. The molecule has 0 atom stereocenters. The molecule has 0 radical (unpaired) electrons. The van der Waals surface area contributed by atoms with Crippen molar-refractivity contribution in [2.45, 2.75) is 6.42 Å². The van der Waals surface area contributed by atoms with E-state index in [-0.39, 0.29) is 24.8 Å². The van der Waals surface area contributed by atoms with Gasteiger partial charge in [-0.2, -0.15) is 0 Å². The fourth-order valence-electron chi connectivity index (χ4n) is 2.24. The molecule has 0 spiro atoms. The summed E-state index contributed by atoms with van der Waals surface area (Å²) in [4.78, 5) is 27.2. The molecule has 0 unspecified atom stereocenters. The summed E-state index contributed by atoms with van der Waals surface area (Å²) >= 11 is 0. The van der Waals surface area contributed by atoms with E-state index in [1.54, 1.807) is 30.1 Å². The maximum absolute atomic E-state index is 13.5. The third kappa shape index (κ3) is 4.26. The monoisotopic (exact) mass is 293 g/mol. The van der Waals surface area contributed by atoms with Gasteiger partial charge in [0.15, 0.2) is 0 Å². The SMILES string of the molecule is CN(CC(=O)N1CCNCC1)C(=O)Cc1ccccc1F. The van der Waals surface area contributed by atoms with Gasteiger partial charge in [0.05, 0.1) is 13.0 Å². The van der Waals surface area contributed by atoms with Crippen LogP contribution in [0.1, 0.15) is 5.56 Å². The molecular formula is C15H20FN3O2. The van der Waals surface area contributed by atoms with Crippen molar-refractivity contribution >= 4 is 11.8 Å². The molecule has 5 nitrogen and oxygen atoms in total. The fraction of sp³-hybridized carbons (Fsp3) is 0.467. The van der Waals surface area contributed by atoms with Crippen LogP contribution in [-0.2, 0) is 16.0 Å². The molecule has 2 amide bonds. The number of carbonyl (C=O) groups excluding carboxylic acids is 2. The maximum atomic E-state index is 13.5. The summed E-state index contributed by atoms with van der Waals surface area (Å²) in [6, 6.07) is 6.19. The van der Waals surface area contributed by atoms with E-state index in [0.717, 1.165) is 13.1 Å².